The van der Waals surface area contributed by atoms with Crippen LogP contribution >= 0.6 is 11.6 Å². The van der Waals surface area contributed by atoms with Gasteiger partial charge in [0.15, 0.2) is 0 Å². The van der Waals surface area contributed by atoms with Gasteiger partial charge >= 0.3 is 5.97 Å². The Morgan fingerprint density at radius 2 is 2.30 bits per heavy atom. The van der Waals surface area contributed by atoms with Crippen LogP contribution in [0.25, 0.3) is 0 Å². The van der Waals surface area contributed by atoms with Gasteiger partial charge in [0.25, 0.3) is 11.6 Å². The fourth-order valence-corrected chi connectivity index (χ4v) is 1.44. The Kier molecular flexibility index (Phi) is 5.00. The normalized spacial score (nSPS) is 11.2. The zero-order valence-electron chi connectivity index (χ0n) is 9.87. The second-order valence-electron chi connectivity index (χ2n) is 3.56. The first kappa shape index (κ1) is 15.4. The van der Waals surface area contributed by atoms with Gasteiger partial charge in [-0.25, -0.2) is 9.78 Å². The Morgan fingerprint density at radius 3 is 2.80 bits per heavy atom. The number of carbonyl (C=O) groups excluding carboxylic acids is 1. The van der Waals surface area contributed by atoms with Crippen molar-refractivity contribution in [1.82, 2.24) is 10.3 Å². The molecule has 0 fully saturated rings. The SMILES string of the molecule is C#CCC(NC(=O)c1cc([N+](=O)[O-])cnc1Cl)C(=O)O. The predicted molar refractivity (Wildman–Crippen MR) is 68.2 cm³/mol. The monoisotopic (exact) mass is 297 g/mol. The molecular formula is C11H8ClN3O5. The molecule has 0 aliphatic rings. The molecule has 1 heterocycles. The Morgan fingerprint density at radius 1 is 1.65 bits per heavy atom. The van der Waals surface area contributed by atoms with Crippen molar-refractivity contribution in [1.29, 1.82) is 0 Å². The van der Waals surface area contributed by atoms with Crippen molar-refractivity contribution in [3.8, 4) is 12.3 Å². The van der Waals surface area contributed by atoms with E-state index in [1.54, 1.807) is 0 Å². The summed E-state index contributed by atoms with van der Waals surface area (Å²) in [6.45, 7) is 0. The van der Waals surface area contributed by atoms with E-state index in [2.05, 4.69) is 16.2 Å². The van der Waals surface area contributed by atoms with E-state index in [1.807, 2.05) is 0 Å². The number of nitrogens with one attached hydrogen (secondary N) is 1. The molecule has 1 aromatic heterocycles. The number of halogens is 1. The number of amides is 1. The van der Waals surface area contributed by atoms with Crippen molar-refractivity contribution in [2.75, 3.05) is 0 Å². The number of rotatable bonds is 5. The fourth-order valence-electron chi connectivity index (χ4n) is 1.25. The summed E-state index contributed by atoms with van der Waals surface area (Å²) in [6, 6.07) is -0.415. The summed E-state index contributed by atoms with van der Waals surface area (Å²) in [5.74, 6) is -0.139. The molecule has 2 N–H and O–H groups in total. The molecular weight excluding hydrogens is 290 g/mol. The molecule has 0 aromatic carbocycles. The van der Waals surface area contributed by atoms with Crippen molar-refractivity contribution < 1.29 is 19.6 Å². The number of nitro groups is 1. The molecule has 104 valence electrons. The van der Waals surface area contributed by atoms with Gasteiger partial charge in [0.2, 0.25) is 0 Å². The lowest BCUT2D eigenvalue weighted by molar-refractivity contribution is -0.385. The van der Waals surface area contributed by atoms with Gasteiger partial charge in [0.1, 0.15) is 17.4 Å². The van der Waals surface area contributed by atoms with Gasteiger partial charge in [0.05, 0.1) is 10.5 Å². The molecule has 1 unspecified atom stereocenters. The average molecular weight is 298 g/mol. The van der Waals surface area contributed by atoms with Crippen molar-refractivity contribution in [3.63, 3.8) is 0 Å². The van der Waals surface area contributed by atoms with Crippen LogP contribution < -0.4 is 5.32 Å². The highest BCUT2D eigenvalue weighted by atomic mass is 35.5. The number of carbonyl (C=O) groups is 2. The number of terminal acetylenes is 1. The summed E-state index contributed by atoms with van der Waals surface area (Å²) in [7, 11) is 0. The standard InChI is InChI=1S/C11H8ClN3O5/c1-2-3-8(11(17)18)14-10(16)7-4-6(15(19)20)5-13-9(7)12/h1,4-5,8H,3H2,(H,14,16)(H,17,18). The highest BCUT2D eigenvalue weighted by molar-refractivity contribution is 6.32. The number of carboxylic acids is 1. The third kappa shape index (κ3) is 3.66. The van der Waals surface area contributed by atoms with E-state index in [1.165, 1.54) is 0 Å². The van der Waals surface area contributed by atoms with Crippen LogP contribution in [-0.4, -0.2) is 32.9 Å². The molecule has 0 bridgehead atoms. The highest BCUT2D eigenvalue weighted by Crippen LogP contribution is 2.19. The summed E-state index contributed by atoms with van der Waals surface area (Å²) in [5, 5.41) is 21.3. The maximum absolute atomic E-state index is 11.8. The Labute approximate surface area is 117 Å². The van der Waals surface area contributed by atoms with Crippen LogP contribution in [0.4, 0.5) is 5.69 Å². The molecule has 1 aromatic rings. The molecule has 8 nitrogen and oxygen atoms in total. The number of hydrogen-bond donors (Lipinski definition) is 2. The Bertz CT molecular complexity index is 611. The smallest absolute Gasteiger partial charge is 0.327 e. The number of aromatic nitrogens is 1. The van der Waals surface area contributed by atoms with Crippen LogP contribution in [0.3, 0.4) is 0 Å². The molecule has 0 spiro atoms. The van der Waals surface area contributed by atoms with E-state index in [4.69, 9.17) is 23.1 Å². The molecule has 0 aliphatic heterocycles. The Balaban J connectivity index is 3.02. The zero-order valence-corrected chi connectivity index (χ0v) is 10.6. The summed E-state index contributed by atoms with van der Waals surface area (Å²) >= 11 is 5.65. The lowest BCUT2D eigenvalue weighted by Gasteiger charge is -2.12. The number of nitrogens with zero attached hydrogens (tertiary/aromatic N) is 2. The van der Waals surface area contributed by atoms with E-state index in [0.717, 1.165) is 12.3 Å². The van der Waals surface area contributed by atoms with Gasteiger partial charge in [-0.15, -0.1) is 12.3 Å². The van der Waals surface area contributed by atoms with Crippen LogP contribution in [0, 0.1) is 22.5 Å². The summed E-state index contributed by atoms with van der Waals surface area (Å²) in [6.07, 6.45) is 5.63. The molecule has 9 heteroatoms. The minimum Gasteiger partial charge on any atom is -0.480 e. The first-order chi connectivity index (χ1) is 9.36. The largest absolute Gasteiger partial charge is 0.480 e. The predicted octanol–water partition coefficient (Wildman–Crippen LogP) is 0.849. The maximum Gasteiger partial charge on any atom is 0.327 e. The van der Waals surface area contributed by atoms with E-state index >= 15 is 0 Å². The fraction of sp³-hybridized carbons (Fsp3) is 0.182. The minimum atomic E-state index is -1.33. The van der Waals surface area contributed by atoms with Gasteiger partial charge in [-0.3, -0.25) is 14.9 Å². The zero-order chi connectivity index (χ0) is 15.3. The van der Waals surface area contributed by atoms with E-state index in [-0.39, 0.29) is 17.1 Å². The van der Waals surface area contributed by atoms with Crippen molar-refractivity contribution >= 4 is 29.2 Å². The molecule has 20 heavy (non-hydrogen) atoms. The van der Waals surface area contributed by atoms with Crippen LogP contribution in [0.15, 0.2) is 12.3 Å². The molecule has 1 amide bonds. The Hall–Kier alpha value is -2.66. The topological polar surface area (TPSA) is 122 Å². The third-order valence-electron chi connectivity index (χ3n) is 2.21. The minimum absolute atomic E-state index is 0.235. The van der Waals surface area contributed by atoms with Crippen LogP contribution in [0.5, 0.6) is 0 Å². The molecule has 0 aliphatic carbocycles. The van der Waals surface area contributed by atoms with Gasteiger partial charge in [-0.05, 0) is 0 Å². The first-order valence-corrected chi connectivity index (χ1v) is 5.51. The first-order valence-electron chi connectivity index (χ1n) is 5.14. The van der Waals surface area contributed by atoms with E-state index in [9.17, 15) is 19.7 Å². The average Bonchev–Trinajstić information content (AvgIpc) is 2.38. The van der Waals surface area contributed by atoms with Gasteiger partial charge in [-0.1, -0.05) is 11.6 Å². The number of hydrogen-bond acceptors (Lipinski definition) is 5. The quantitative estimate of drug-likeness (QED) is 0.359. The number of aliphatic carboxylic acids is 1. The number of carboxylic acid groups (broad SMARTS) is 1. The van der Waals surface area contributed by atoms with E-state index < -0.39 is 28.5 Å². The lowest BCUT2D eigenvalue weighted by Crippen LogP contribution is -2.40. The lowest BCUT2D eigenvalue weighted by atomic mass is 10.2. The summed E-state index contributed by atoms with van der Waals surface area (Å²) in [5.41, 5.74) is -0.743. The molecule has 0 radical (unpaired) electrons. The molecule has 1 rings (SSSR count). The van der Waals surface area contributed by atoms with Crippen LogP contribution in [0.2, 0.25) is 5.15 Å². The van der Waals surface area contributed by atoms with Gasteiger partial charge in [-0.2, -0.15) is 0 Å². The van der Waals surface area contributed by atoms with Crippen molar-refractivity contribution in [2.24, 2.45) is 0 Å². The summed E-state index contributed by atoms with van der Waals surface area (Å²) < 4.78 is 0. The molecule has 0 saturated heterocycles. The molecule has 1 atom stereocenters. The maximum atomic E-state index is 11.8. The van der Waals surface area contributed by atoms with Gasteiger partial charge < -0.3 is 10.4 Å². The second-order valence-corrected chi connectivity index (χ2v) is 3.92. The van der Waals surface area contributed by atoms with Crippen molar-refractivity contribution in [2.45, 2.75) is 12.5 Å². The van der Waals surface area contributed by atoms with Crippen LogP contribution in [0.1, 0.15) is 16.8 Å². The third-order valence-corrected chi connectivity index (χ3v) is 2.51. The van der Waals surface area contributed by atoms with E-state index in [0.29, 0.717) is 0 Å². The van der Waals surface area contributed by atoms with Crippen molar-refractivity contribution in [3.05, 3.63) is 33.1 Å². The van der Waals surface area contributed by atoms with Crippen LogP contribution in [-0.2, 0) is 4.79 Å². The van der Waals surface area contributed by atoms with Gasteiger partial charge in [0, 0.05) is 12.5 Å². The molecule has 0 saturated carbocycles. The number of pyridine rings is 1. The highest BCUT2D eigenvalue weighted by Gasteiger charge is 2.23. The summed E-state index contributed by atoms with van der Waals surface area (Å²) in [4.78, 5) is 36.0. The second kappa shape index (κ2) is 6.49.